The third-order valence-electron chi connectivity index (χ3n) is 6.31. The Morgan fingerprint density at radius 3 is 2.66 bits per heavy atom. The molecule has 0 bridgehead atoms. The van der Waals surface area contributed by atoms with Crippen LogP contribution in [0.25, 0.3) is 0 Å². The van der Waals surface area contributed by atoms with Gasteiger partial charge in [0.1, 0.15) is 6.54 Å². The minimum atomic E-state index is -3.75. The maximum Gasteiger partial charge on any atom is 0.244 e. The zero-order valence-electron chi connectivity index (χ0n) is 20.2. The van der Waals surface area contributed by atoms with E-state index in [0.717, 1.165) is 28.1 Å². The Kier molecular flexibility index (Phi) is 7.85. The Morgan fingerprint density at radius 1 is 1.20 bits per heavy atom. The number of fused-ring (bicyclic) bond motifs is 1. The first-order valence-corrected chi connectivity index (χ1v) is 14.2. The highest BCUT2D eigenvalue weighted by atomic mass is 32.2. The minimum absolute atomic E-state index is 0.110. The SMILES string of the molecule is CCc1cccc(C)c1NC(=O)CN1C(=O)[C@H](C)CSc2ccc(S(=O)(=O)N3CCOCC3)cc21. The van der Waals surface area contributed by atoms with Crippen LogP contribution in [0.15, 0.2) is 46.2 Å². The van der Waals surface area contributed by atoms with Gasteiger partial charge in [0.2, 0.25) is 21.8 Å². The van der Waals surface area contributed by atoms with E-state index in [1.807, 2.05) is 39.0 Å². The summed E-state index contributed by atoms with van der Waals surface area (Å²) in [6.45, 7) is 6.85. The maximum atomic E-state index is 13.3. The van der Waals surface area contributed by atoms with Gasteiger partial charge in [-0.25, -0.2) is 8.42 Å². The number of rotatable bonds is 6. The normalized spacial score (nSPS) is 19.2. The lowest BCUT2D eigenvalue weighted by atomic mass is 10.1. The van der Waals surface area contributed by atoms with Crippen LogP contribution in [0.1, 0.15) is 25.0 Å². The molecule has 2 amide bonds. The van der Waals surface area contributed by atoms with E-state index in [2.05, 4.69) is 5.32 Å². The Labute approximate surface area is 211 Å². The van der Waals surface area contributed by atoms with E-state index in [1.54, 1.807) is 12.1 Å². The standard InChI is InChI=1S/C25H31N3O5S2/c1-4-19-7-5-6-17(2)24(19)26-23(29)15-28-21-14-20(35(31,32)27-10-12-33-13-11-27)8-9-22(21)34-16-18(3)25(28)30/h5-9,14,18H,4,10-13,15-16H2,1-3H3,(H,26,29)/t18-/m1/s1. The largest absolute Gasteiger partial charge is 0.379 e. The highest BCUT2D eigenvalue weighted by Gasteiger charge is 2.33. The number of carbonyl (C=O) groups is 2. The molecule has 0 saturated carbocycles. The number of carbonyl (C=O) groups excluding carboxylic acids is 2. The van der Waals surface area contributed by atoms with E-state index in [9.17, 15) is 18.0 Å². The molecule has 0 aromatic heterocycles. The highest BCUT2D eigenvalue weighted by Crippen LogP contribution is 2.38. The molecule has 188 valence electrons. The van der Waals surface area contributed by atoms with Crippen LogP contribution in [0.5, 0.6) is 0 Å². The van der Waals surface area contributed by atoms with Gasteiger partial charge >= 0.3 is 0 Å². The molecule has 2 aromatic rings. The average molecular weight is 518 g/mol. The van der Waals surface area contributed by atoms with Gasteiger partial charge in [-0.05, 0) is 42.7 Å². The second-order valence-corrected chi connectivity index (χ2v) is 11.8. The molecule has 1 atom stereocenters. The fourth-order valence-electron chi connectivity index (χ4n) is 4.29. The van der Waals surface area contributed by atoms with E-state index in [4.69, 9.17) is 4.74 Å². The highest BCUT2D eigenvalue weighted by molar-refractivity contribution is 7.99. The quantitative estimate of drug-likeness (QED) is 0.632. The Bertz CT molecular complexity index is 1230. The fourth-order valence-corrected chi connectivity index (χ4v) is 6.77. The van der Waals surface area contributed by atoms with Crippen molar-refractivity contribution in [2.24, 2.45) is 5.92 Å². The number of morpholine rings is 1. The summed E-state index contributed by atoms with van der Waals surface area (Å²) in [5.74, 6) is -0.289. The summed E-state index contributed by atoms with van der Waals surface area (Å²) in [4.78, 5) is 28.8. The molecule has 0 aliphatic carbocycles. The summed E-state index contributed by atoms with van der Waals surface area (Å²) in [6, 6.07) is 10.7. The van der Waals surface area contributed by atoms with Crippen LogP contribution in [0, 0.1) is 12.8 Å². The molecule has 35 heavy (non-hydrogen) atoms. The van der Waals surface area contributed by atoms with E-state index in [1.165, 1.54) is 27.0 Å². The number of thioether (sulfide) groups is 1. The van der Waals surface area contributed by atoms with Crippen LogP contribution in [0.4, 0.5) is 11.4 Å². The van der Waals surface area contributed by atoms with Crippen molar-refractivity contribution in [2.75, 3.05) is 48.8 Å². The number of aryl methyl sites for hydroxylation is 2. The zero-order valence-corrected chi connectivity index (χ0v) is 21.9. The van der Waals surface area contributed by atoms with Crippen molar-refractivity contribution in [1.82, 2.24) is 4.31 Å². The average Bonchev–Trinajstić information content (AvgIpc) is 2.97. The molecular weight excluding hydrogens is 486 g/mol. The van der Waals surface area contributed by atoms with Crippen LogP contribution >= 0.6 is 11.8 Å². The Balaban J connectivity index is 1.66. The topological polar surface area (TPSA) is 96.0 Å². The smallest absolute Gasteiger partial charge is 0.244 e. The Hall–Kier alpha value is -2.40. The first-order chi connectivity index (χ1) is 16.7. The lowest BCUT2D eigenvalue weighted by Crippen LogP contribution is -2.42. The monoisotopic (exact) mass is 517 g/mol. The number of nitrogens with one attached hydrogen (secondary N) is 1. The maximum absolute atomic E-state index is 13.3. The number of hydrogen-bond donors (Lipinski definition) is 1. The van der Waals surface area contributed by atoms with Crippen molar-refractivity contribution >= 4 is 45.0 Å². The molecule has 2 aromatic carbocycles. The van der Waals surface area contributed by atoms with Gasteiger partial charge in [-0.3, -0.25) is 9.59 Å². The molecule has 0 unspecified atom stereocenters. The summed E-state index contributed by atoms with van der Waals surface area (Å²) in [7, 11) is -3.75. The molecule has 1 fully saturated rings. The molecule has 1 saturated heterocycles. The number of hydrogen-bond acceptors (Lipinski definition) is 6. The van der Waals surface area contributed by atoms with Gasteiger partial charge in [0.15, 0.2) is 0 Å². The molecule has 4 rings (SSSR count). The van der Waals surface area contributed by atoms with Gasteiger partial charge in [-0.15, -0.1) is 11.8 Å². The van der Waals surface area contributed by atoms with E-state index >= 15 is 0 Å². The lowest BCUT2D eigenvalue weighted by molar-refractivity contribution is -0.123. The summed E-state index contributed by atoms with van der Waals surface area (Å²) in [6.07, 6.45) is 0.763. The molecule has 2 heterocycles. The second-order valence-electron chi connectivity index (χ2n) is 8.79. The van der Waals surface area contributed by atoms with Crippen LogP contribution < -0.4 is 10.2 Å². The van der Waals surface area contributed by atoms with Crippen molar-refractivity contribution in [3.63, 3.8) is 0 Å². The molecule has 10 heteroatoms. The number of benzene rings is 2. The van der Waals surface area contributed by atoms with Crippen molar-refractivity contribution in [3.8, 4) is 0 Å². The van der Waals surface area contributed by atoms with E-state index in [0.29, 0.717) is 24.7 Å². The summed E-state index contributed by atoms with van der Waals surface area (Å²) in [5, 5.41) is 2.98. The molecule has 2 aliphatic heterocycles. The Morgan fingerprint density at radius 2 is 1.94 bits per heavy atom. The van der Waals surface area contributed by atoms with Crippen LogP contribution in [-0.2, 0) is 30.8 Å². The summed E-state index contributed by atoms with van der Waals surface area (Å²) < 4.78 is 33.2. The lowest BCUT2D eigenvalue weighted by Gasteiger charge is -2.28. The molecule has 1 N–H and O–H groups in total. The molecule has 0 radical (unpaired) electrons. The van der Waals surface area contributed by atoms with Gasteiger partial charge in [0.25, 0.3) is 0 Å². The predicted octanol–water partition coefficient (Wildman–Crippen LogP) is 3.29. The second kappa shape index (κ2) is 10.7. The number of sulfonamides is 1. The minimum Gasteiger partial charge on any atom is -0.379 e. The van der Waals surface area contributed by atoms with Gasteiger partial charge in [-0.2, -0.15) is 4.31 Å². The predicted molar refractivity (Wildman–Crippen MR) is 137 cm³/mol. The van der Waals surface area contributed by atoms with Crippen LogP contribution in [-0.4, -0.2) is 63.1 Å². The number of ether oxygens (including phenoxy) is 1. The van der Waals surface area contributed by atoms with Crippen molar-refractivity contribution < 1.29 is 22.7 Å². The van der Waals surface area contributed by atoms with Crippen LogP contribution in [0.2, 0.25) is 0 Å². The third kappa shape index (κ3) is 5.40. The first kappa shape index (κ1) is 25.7. The molecule has 0 spiro atoms. The van der Waals surface area contributed by atoms with Gasteiger partial charge in [0, 0.05) is 35.3 Å². The number of amides is 2. The molecular formula is C25H31N3O5S2. The number of nitrogens with zero attached hydrogens (tertiary/aromatic N) is 2. The zero-order chi connectivity index (χ0) is 25.2. The number of anilines is 2. The van der Waals surface area contributed by atoms with E-state index < -0.39 is 10.0 Å². The van der Waals surface area contributed by atoms with Crippen LogP contribution in [0.3, 0.4) is 0 Å². The summed E-state index contributed by atoms with van der Waals surface area (Å²) in [5.41, 5.74) is 3.18. The first-order valence-electron chi connectivity index (χ1n) is 11.8. The van der Waals surface area contributed by atoms with Crippen molar-refractivity contribution in [3.05, 3.63) is 47.5 Å². The number of para-hydroxylation sites is 1. The van der Waals surface area contributed by atoms with E-state index in [-0.39, 0.29) is 42.3 Å². The third-order valence-corrected chi connectivity index (χ3v) is 9.53. The van der Waals surface area contributed by atoms with Gasteiger partial charge in [-0.1, -0.05) is 32.0 Å². The molecule has 2 aliphatic rings. The van der Waals surface area contributed by atoms with Gasteiger partial charge in [0.05, 0.1) is 23.8 Å². The van der Waals surface area contributed by atoms with Crippen molar-refractivity contribution in [2.45, 2.75) is 37.0 Å². The summed E-state index contributed by atoms with van der Waals surface area (Å²) >= 11 is 1.50. The van der Waals surface area contributed by atoms with Crippen molar-refractivity contribution in [1.29, 1.82) is 0 Å². The molecule has 8 nitrogen and oxygen atoms in total. The van der Waals surface area contributed by atoms with Gasteiger partial charge < -0.3 is 15.0 Å². The fraction of sp³-hybridized carbons (Fsp3) is 0.440.